The Morgan fingerprint density at radius 1 is 1.36 bits per heavy atom. The Balaban J connectivity index is 2.31. The van der Waals surface area contributed by atoms with E-state index in [2.05, 4.69) is 0 Å². The van der Waals surface area contributed by atoms with E-state index in [0.717, 1.165) is 12.8 Å². The van der Waals surface area contributed by atoms with Crippen molar-refractivity contribution in [3.8, 4) is 0 Å². The fraction of sp³-hybridized carbons (Fsp3) is 0.800. The summed E-state index contributed by atoms with van der Waals surface area (Å²) in [6.45, 7) is 6.14. The van der Waals surface area contributed by atoms with E-state index in [1.165, 1.54) is 4.90 Å². The van der Waals surface area contributed by atoms with Crippen molar-refractivity contribution in [2.45, 2.75) is 45.2 Å². The number of carbonyl (C=O) groups is 2. The number of imide groups is 1. The van der Waals surface area contributed by atoms with Gasteiger partial charge in [-0.15, -0.1) is 0 Å². The van der Waals surface area contributed by atoms with Crippen LogP contribution in [0.3, 0.4) is 0 Å². The summed E-state index contributed by atoms with van der Waals surface area (Å²) in [6, 6.07) is 0.0795. The van der Waals surface area contributed by atoms with Gasteiger partial charge in [0.25, 0.3) is 5.91 Å². The van der Waals surface area contributed by atoms with Gasteiger partial charge in [-0.2, -0.15) is 0 Å². The number of amides is 3. The van der Waals surface area contributed by atoms with Gasteiger partial charge in [-0.1, -0.05) is 0 Å². The van der Waals surface area contributed by atoms with Crippen molar-refractivity contribution in [1.29, 1.82) is 0 Å². The lowest BCUT2D eigenvalue weighted by molar-refractivity contribution is -0.132. The molecule has 1 heterocycles. The highest BCUT2D eigenvalue weighted by Gasteiger charge is 2.54. The number of nitrogens with zero attached hydrogens (tertiary/aromatic N) is 2. The zero-order chi connectivity index (χ0) is 10.5. The second-order valence-corrected chi connectivity index (χ2v) is 4.49. The fourth-order valence-corrected chi connectivity index (χ4v) is 2.05. The molecule has 1 saturated heterocycles. The van der Waals surface area contributed by atoms with Crippen LogP contribution in [0.4, 0.5) is 4.79 Å². The van der Waals surface area contributed by atoms with Gasteiger partial charge < -0.3 is 4.90 Å². The maximum absolute atomic E-state index is 12.0. The van der Waals surface area contributed by atoms with E-state index < -0.39 is 5.54 Å². The summed E-state index contributed by atoms with van der Waals surface area (Å²) in [6.07, 6.45) is 1.95. The summed E-state index contributed by atoms with van der Waals surface area (Å²) < 4.78 is 0. The molecule has 2 aliphatic rings. The second kappa shape index (κ2) is 2.72. The van der Waals surface area contributed by atoms with E-state index in [0.29, 0.717) is 6.54 Å². The van der Waals surface area contributed by atoms with E-state index in [-0.39, 0.29) is 18.0 Å². The van der Waals surface area contributed by atoms with Crippen LogP contribution in [0.1, 0.15) is 33.6 Å². The van der Waals surface area contributed by atoms with E-state index in [4.69, 9.17) is 0 Å². The molecule has 0 aromatic rings. The van der Waals surface area contributed by atoms with Crippen molar-refractivity contribution in [2.75, 3.05) is 6.54 Å². The minimum Gasteiger partial charge on any atom is -0.310 e. The van der Waals surface area contributed by atoms with Gasteiger partial charge in [-0.05, 0) is 33.6 Å². The van der Waals surface area contributed by atoms with Crippen molar-refractivity contribution >= 4 is 11.9 Å². The first-order chi connectivity index (χ1) is 6.50. The van der Waals surface area contributed by atoms with Gasteiger partial charge >= 0.3 is 6.03 Å². The van der Waals surface area contributed by atoms with Crippen LogP contribution in [0.15, 0.2) is 0 Å². The maximum atomic E-state index is 12.0. The van der Waals surface area contributed by atoms with Gasteiger partial charge in [0.1, 0.15) is 5.54 Å². The standard InChI is InChI=1S/C10H16N2O2/c1-4-11-9(14)12(7-5-6-7)8(13)10(11,2)3/h7H,4-6H2,1-3H3. The van der Waals surface area contributed by atoms with E-state index >= 15 is 0 Å². The molecule has 0 atom stereocenters. The molecule has 3 amide bonds. The molecular formula is C10H16N2O2. The van der Waals surface area contributed by atoms with E-state index in [1.807, 2.05) is 20.8 Å². The lowest BCUT2D eigenvalue weighted by Gasteiger charge is -2.25. The first-order valence-electron chi connectivity index (χ1n) is 5.15. The van der Waals surface area contributed by atoms with Crippen LogP contribution < -0.4 is 0 Å². The normalized spacial score (nSPS) is 26.2. The molecule has 0 aromatic heterocycles. The van der Waals surface area contributed by atoms with Gasteiger partial charge in [-0.3, -0.25) is 9.69 Å². The highest BCUT2D eigenvalue weighted by Crippen LogP contribution is 2.36. The van der Waals surface area contributed by atoms with Crippen molar-refractivity contribution in [2.24, 2.45) is 0 Å². The number of urea groups is 1. The average Bonchev–Trinajstić information content (AvgIpc) is 2.86. The monoisotopic (exact) mass is 196 g/mol. The topological polar surface area (TPSA) is 40.6 Å². The Labute approximate surface area is 83.9 Å². The molecule has 78 valence electrons. The number of hydrogen-bond acceptors (Lipinski definition) is 2. The van der Waals surface area contributed by atoms with Crippen molar-refractivity contribution in [3.05, 3.63) is 0 Å². The van der Waals surface area contributed by atoms with E-state index in [9.17, 15) is 9.59 Å². The quantitative estimate of drug-likeness (QED) is 0.623. The molecule has 0 N–H and O–H groups in total. The zero-order valence-corrected chi connectivity index (χ0v) is 8.91. The van der Waals surface area contributed by atoms with Crippen molar-refractivity contribution in [3.63, 3.8) is 0 Å². The SMILES string of the molecule is CCN1C(=O)N(C2CC2)C(=O)C1(C)C. The molecule has 0 radical (unpaired) electrons. The average molecular weight is 196 g/mol. The highest BCUT2D eigenvalue weighted by atomic mass is 16.2. The molecular weight excluding hydrogens is 180 g/mol. The number of hydrogen-bond donors (Lipinski definition) is 0. The molecule has 0 bridgehead atoms. The Morgan fingerprint density at radius 2 is 1.93 bits per heavy atom. The van der Waals surface area contributed by atoms with Crippen LogP contribution in [-0.2, 0) is 4.79 Å². The lowest BCUT2D eigenvalue weighted by atomic mass is 10.0. The molecule has 1 aliphatic carbocycles. The van der Waals surface area contributed by atoms with Gasteiger partial charge in [0.2, 0.25) is 0 Å². The zero-order valence-electron chi connectivity index (χ0n) is 8.91. The first kappa shape index (κ1) is 9.49. The van der Waals surface area contributed by atoms with Crippen LogP contribution in [0.5, 0.6) is 0 Å². The molecule has 2 rings (SSSR count). The van der Waals surface area contributed by atoms with Crippen molar-refractivity contribution in [1.82, 2.24) is 9.80 Å². The predicted molar refractivity (Wildman–Crippen MR) is 51.7 cm³/mol. The second-order valence-electron chi connectivity index (χ2n) is 4.49. The summed E-state index contributed by atoms with van der Waals surface area (Å²) >= 11 is 0. The Kier molecular flexibility index (Phi) is 1.84. The van der Waals surface area contributed by atoms with Gasteiger partial charge in [0.15, 0.2) is 0 Å². The van der Waals surface area contributed by atoms with Crippen molar-refractivity contribution < 1.29 is 9.59 Å². The Bertz CT molecular complexity index is 294. The summed E-state index contributed by atoms with van der Waals surface area (Å²) in [7, 11) is 0. The third-order valence-electron chi connectivity index (χ3n) is 3.08. The fourth-order valence-electron chi connectivity index (χ4n) is 2.05. The smallest absolute Gasteiger partial charge is 0.310 e. The number of rotatable bonds is 2. The molecule has 1 aliphatic heterocycles. The maximum Gasteiger partial charge on any atom is 0.327 e. The summed E-state index contributed by atoms with van der Waals surface area (Å²) in [5, 5.41) is 0. The summed E-state index contributed by atoms with van der Waals surface area (Å²) in [5.74, 6) is -0.0353. The van der Waals surface area contributed by atoms with Crippen LogP contribution in [0.2, 0.25) is 0 Å². The third-order valence-corrected chi connectivity index (χ3v) is 3.08. The van der Waals surface area contributed by atoms with Crippen LogP contribution in [0, 0.1) is 0 Å². The van der Waals surface area contributed by atoms with Crippen LogP contribution in [0.25, 0.3) is 0 Å². The molecule has 14 heavy (non-hydrogen) atoms. The van der Waals surface area contributed by atoms with Crippen LogP contribution >= 0.6 is 0 Å². The molecule has 0 spiro atoms. The highest BCUT2D eigenvalue weighted by molar-refractivity contribution is 6.07. The van der Waals surface area contributed by atoms with Gasteiger partial charge in [0.05, 0.1) is 0 Å². The number of carbonyl (C=O) groups excluding carboxylic acids is 2. The first-order valence-corrected chi connectivity index (χ1v) is 5.15. The van der Waals surface area contributed by atoms with E-state index in [1.54, 1.807) is 4.90 Å². The molecule has 2 fully saturated rings. The lowest BCUT2D eigenvalue weighted by Crippen LogP contribution is -2.44. The minimum atomic E-state index is -0.644. The van der Waals surface area contributed by atoms with Gasteiger partial charge in [0, 0.05) is 12.6 Å². The van der Waals surface area contributed by atoms with Crippen LogP contribution in [-0.4, -0.2) is 39.9 Å². The Morgan fingerprint density at radius 3 is 2.29 bits per heavy atom. The molecule has 1 saturated carbocycles. The molecule has 0 unspecified atom stereocenters. The summed E-state index contributed by atoms with van der Waals surface area (Å²) in [5.41, 5.74) is -0.644. The minimum absolute atomic E-state index is 0.0353. The molecule has 0 aromatic carbocycles. The number of likely N-dealkylation sites (N-methyl/N-ethyl adjacent to an activating group) is 1. The molecule has 4 heteroatoms. The largest absolute Gasteiger partial charge is 0.327 e. The third kappa shape index (κ3) is 1.06. The predicted octanol–water partition coefficient (Wildman–Crippen LogP) is 1.21. The van der Waals surface area contributed by atoms with Gasteiger partial charge in [-0.25, -0.2) is 4.79 Å². The molecule has 4 nitrogen and oxygen atoms in total. The Hall–Kier alpha value is -1.06. The summed E-state index contributed by atoms with van der Waals surface area (Å²) in [4.78, 5) is 26.9.